The van der Waals surface area contributed by atoms with Crippen LogP contribution in [-0.2, 0) is 6.42 Å². The number of ether oxygens (including phenoxy) is 1. The normalized spacial score (nSPS) is 10.9. The molecule has 0 radical (unpaired) electrons. The number of aromatic nitrogens is 1. The number of hydrogen-bond acceptors (Lipinski definition) is 3. The number of aryl methyl sites for hydroxylation is 1. The zero-order valence-electron chi connectivity index (χ0n) is 10.9. The molecule has 1 aromatic heterocycles. The Balaban J connectivity index is 2.61. The van der Waals surface area contributed by atoms with E-state index in [1.165, 1.54) is 0 Å². The Bertz CT molecular complexity index is 569. The lowest BCUT2D eigenvalue weighted by Gasteiger charge is -2.11. The summed E-state index contributed by atoms with van der Waals surface area (Å²) in [5.74, 6) is 0.819. The molecule has 0 aliphatic rings. The van der Waals surface area contributed by atoms with Crippen molar-refractivity contribution in [3.05, 3.63) is 34.5 Å². The first kappa shape index (κ1) is 13.1. The van der Waals surface area contributed by atoms with E-state index >= 15 is 0 Å². The summed E-state index contributed by atoms with van der Waals surface area (Å²) in [6, 6.07) is 5.81. The van der Waals surface area contributed by atoms with Gasteiger partial charge in [0.15, 0.2) is 0 Å². The summed E-state index contributed by atoms with van der Waals surface area (Å²) in [5, 5.41) is 4.79. The summed E-state index contributed by atoms with van der Waals surface area (Å²) in [4.78, 5) is 4.63. The van der Waals surface area contributed by atoms with E-state index in [0.717, 1.165) is 40.9 Å². The minimum atomic E-state index is 0.667. The SMILES string of the molecule is CNCCc1cc(C)c2c(OC)ccc(Cl)c2n1. The van der Waals surface area contributed by atoms with Gasteiger partial charge in [0.05, 0.1) is 17.6 Å². The van der Waals surface area contributed by atoms with Crippen LogP contribution in [-0.4, -0.2) is 25.7 Å². The Hall–Kier alpha value is -1.32. The summed E-state index contributed by atoms with van der Waals surface area (Å²) in [7, 11) is 3.60. The molecule has 2 rings (SSSR count). The van der Waals surface area contributed by atoms with E-state index < -0.39 is 0 Å². The van der Waals surface area contributed by atoms with Crippen LogP contribution < -0.4 is 10.1 Å². The van der Waals surface area contributed by atoms with Crippen molar-refractivity contribution in [2.75, 3.05) is 20.7 Å². The molecule has 0 fully saturated rings. The van der Waals surface area contributed by atoms with E-state index in [-0.39, 0.29) is 0 Å². The van der Waals surface area contributed by atoms with Crippen molar-refractivity contribution in [3.8, 4) is 5.75 Å². The molecule has 1 heterocycles. The Morgan fingerprint density at radius 1 is 1.39 bits per heavy atom. The number of nitrogens with zero attached hydrogens (tertiary/aromatic N) is 1. The number of hydrogen-bond donors (Lipinski definition) is 1. The second kappa shape index (κ2) is 5.55. The van der Waals surface area contributed by atoms with Gasteiger partial charge in [-0.25, -0.2) is 0 Å². The molecular formula is C14H17ClN2O. The first-order valence-corrected chi connectivity index (χ1v) is 6.32. The van der Waals surface area contributed by atoms with E-state index in [2.05, 4.69) is 23.3 Å². The number of likely N-dealkylation sites (N-methyl/N-ethyl adjacent to an activating group) is 1. The zero-order chi connectivity index (χ0) is 13.1. The molecule has 0 saturated heterocycles. The van der Waals surface area contributed by atoms with Gasteiger partial charge in [-0.1, -0.05) is 11.6 Å². The minimum Gasteiger partial charge on any atom is -0.496 e. The molecule has 0 spiro atoms. The number of fused-ring (bicyclic) bond motifs is 1. The Kier molecular flexibility index (Phi) is 4.04. The number of benzene rings is 1. The number of rotatable bonds is 4. The fraction of sp³-hybridized carbons (Fsp3) is 0.357. The van der Waals surface area contributed by atoms with Gasteiger partial charge in [-0.05, 0) is 37.7 Å². The third-order valence-corrected chi connectivity index (χ3v) is 3.28. The molecule has 2 aromatic rings. The molecule has 1 aromatic carbocycles. The van der Waals surface area contributed by atoms with Crippen LogP contribution >= 0.6 is 11.6 Å². The summed E-state index contributed by atoms with van der Waals surface area (Å²) in [6.45, 7) is 2.96. The fourth-order valence-electron chi connectivity index (χ4n) is 2.09. The number of nitrogens with one attached hydrogen (secondary N) is 1. The Labute approximate surface area is 112 Å². The molecule has 0 atom stereocenters. The predicted molar refractivity (Wildman–Crippen MR) is 75.7 cm³/mol. The van der Waals surface area contributed by atoms with E-state index in [9.17, 15) is 0 Å². The van der Waals surface area contributed by atoms with Crippen LogP contribution in [0, 0.1) is 6.92 Å². The average molecular weight is 265 g/mol. The molecule has 0 bridgehead atoms. The molecule has 0 amide bonds. The van der Waals surface area contributed by atoms with Crippen molar-refractivity contribution in [3.63, 3.8) is 0 Å². The second-order valence-corrected chi connectivity index (χ2v) is 4.66. The molecule has 4 heteroatoms. The van der Waals surface area contributed by atoms with Gasteiger partial charge < -0.3 is 10.1 Å². The van der Waals surface area contributed by atoms with Crippen LogP contribution in [0.25, 0.3) is 10.9 Å². The summed E-state index contributed by atoms with van der Waals surface area (Å²) in [6.07, 6.45) is 0.890. The van der Waals surface area contributed by atoms with Crippen LogP contribution in [0.2, 0.25) is 5.02 Å². The molecule has 0 saturated carbocycles. The first-order chi connectivity index (χ1) is 8.67. The van der Waals surface area contributed by atoms with Crippen molar-refractivity contribution in [1.29, 1.82) is 0 Å². The molecular weight excluding hydrogens is 248 g/mol. The topological polar surface area (TPSA) is 34.1 Å². The third-order valence-electron chi connectivity index (χ3n) is 2.97. The van der Waals surface area contributed by atoms with Crippen LogP contribution in [0.15, 0.2) is 18.2 Å². The van der Waals surface area contributed by atoms with Gasteiger partial charge >= 0.3 is 0 Å². The first-order valence-electron chi connectivity index (χ1n) is 5.94. The zero-order valence-corrected chi connectivity index (χ0v) is 11.6. The largest absolute Gasteiger partial charge is 0.496 e. The van der Waals surface area contributed by atoms with Gasteiger partial charge in [-0.15, -0.1) is 0 Å². The highest BCUT2D eigenvalue weighted by molar-refractivity contribution is 6.35. The van der Waals surface area contributed by atoms with Crippen LogP contribution in [0.1, 0.15) is 11.3 Å². The van der Waals surface area contributed by atoms with E-state index in [4.69, 9.17) is 16.3 Å². The van der Waals surface area contributed by atoms with Gasteiger partial charge in [-0.2, -0.15) is 0 Å². The van der Waals surface area contributed by atoms with Crippen LogP contribution in [0.4, 0.5) is 0 Å². The van der Waals surface area contributed by atoms with Crippen molar-refractivity contribution in [2.24, 2.45) is 0 Å². The molecule has 1 N–H and O–H groups in total. The summed E-state index contributed by atoms with van der Waals surface area (Å²) >= 11 is 6.23. The van der Waals surface area contributed by atoms with Gasteiger partial charge in [-0.3, -0.25) is 4.98 Å². The van der Waals surface area contributed by atoms with Gasteiger partial charge in [0, 0.05) is 24.0 Å². The maximum Gasteiger partial charge on any atom is 0.128 e. The molecule has 96 valence electrons. The van der Waals surface area contributed by atoms with Crippen molar-refractivity contribution in [2.45, 2.75) is 13.3 Å². The summed E-state index contributed by atoms with van der Waals surface area (Å²) in [5.41, 5.74) is 3.01. The highest BCUT2D eigenvalue weighted by Crippen LogP contribution is 2.32. The second-order valence-electron chi connectivity index (χ2n) is 4.26. The molecule has 18 heavy (non-hydrogen) atoms. The van der Waals surface area contributed by atoms with Crippen molar-refractivity contribution < 1.29 is 4.74 Å². The predicted octanol–water partition coefficient (Wildman–Crippen LogP) is 2.97. The Morgan fingerprint density at radius 2 is 2.17 bits per heavy atom. The number of methoxy groups -OCH3 is 1. The molecule has 3 nitrogen and oxygen atoms in total. The number of pyridine rings is 1. The highest BCUT2D eigenvalue weighted by Gasteiger charge is 2.11. The summed E-state index contributed by atoms with van der Waals surface area (Å²) < 4.78 is 5.37. The van der Waals surface area contributed by atoms with E-state index in [1.54, 1.807) is 7.11 Å². The minimum absolute atomic E-state index is 0.667. The lowest BCUT2D eigenvalue weighted by molar-refractivity contribution is 0.419. The maximum atomic E-state index is 6.23. The fourth-order valence-corrected chi connectivity index (χ4v) is 2.29. The average Bonchev–Trinajstić information content (AvgIpc) is 2.37. The van der Waals surface area contributed by atoms with Gasteiger partial charge in [0.25, 0.3) is 0 Å². The highest BCUT2D eigenvalue weighted by atomic mass is 35.5. The van der Waals surface area contributed by atoms with Crippen molar-refractivity contribution >= 4 is 22.5 Å². The van der Waals surface area contributed by atoms with E-state index in [1.807, 2.05) is 19.2 Å². The lowest BCUT2D eigenvalue weighted by Crippen LogP contribution is -2.11. The van der Waals surface area contributed by atoms with Gasteiger partial charge in [0.1, 0.15) is 5.75 Å². The van der Waals surface area contributed by atoms with E-state index in [0.29, 0.717) is 5.02 Å². The molecule has 0 aliphatic carbocycles. The van der Waals surface area contributed by atoms with Crippen LogP contribution in [0.5, 0.6) is 5.75 Å². The lowest BCUT2D eigenvalue weighted by atomic mass is 10.1. The quantitative estimate of drug-likeness (QED) is 0.922. The third kappa shape index (κ3) is 2.42. The number of halogens is 1. The Morgan fingerprint density at radius 3 is 2.83 bits per heavy atom. The standard InChI is InChI=1S/C14H17ClN2O/c1-9-8-10(6-7-16-2)17-14-11(15)4-5-12(18-3)13(9)14/h4-5,8,16H,6-7H2,1-3H3. The maximum absolute atomic E-state index is 6.23. The molecule has 0 unspecified atom stereocenters. The van der Waals surface area contributed by atoms with Gasteiger partial charge in [0.2, 0.25) is 0 Å². The van der Waals surface area contributed by atoms with Crippen LogP contribution in [0.3, 0.4) is 0 Å². The monoisotopic (exact) mass is 264 g/mol. The smallest absolute Gasteiger partial charge is 0.128 e. The molecule has 0 aliphatic heterocycles. The van der Waals surface area contributed by atoms with Crippen molar-refractivity contribution in [1.82, 2.24) is 10.3 Å².